The predicted octanol–water partition coefficient (Wildman–Crippen LogP) is 4.15. The zero-order chi connectivity index (χ0) is 18.1. The Morgan fingerprint density at radius 3 is 2.50 bits per heavy atom. The zero-order valence-electron chi connectivity index (χ0n) is 13.0. The smallest absolute Gasteiger partial charge is 0.421 e. The van der Waals surface area contributed by atoms with E-state index in [1.165, 1.54) is 38.6 Å². The van der Waals surface area contributed by atoms with Crippen LogP contribution < -0.4 is 15.4 Å². The summed E-state index contributed by atoms with van der Waals surface area (Å²) in [6.07, 6.45) is -4.07. The van der Waals surface area contributed by atoms with Gasteiger partial charge in [-0.05, 0) is 43.1 Å². The second-order valence-corrected chi connectivity index (χ2v) is 8.78. The Kier molecular flexibility index (Phi) is 5.11. The van der Waals surface area contributed by atoms with Crippen LogP contribution in [0.15, 0.2) is 24.4 Å². The van der Waals surface area contributed by atoms with Crippen molar-refractivity contribution in [1.29, 1.82) is 0 Å². The van der Waals surface area contributed by atoms with Crippen LogP contribution >= 0.6 is 18.7 Å². The Hall–Kier alpha value is -1.79. The molecule has 1 aromatic carbocycles. The number of anilines is 2. The SMILES string of the molecule is COc1ccc(Nc2nc(Cl)ncc2C(F)(F)F)c(P(C)(C)=O)c1. The maximum atomic E-state index is 13.1. The van der Waals surface area contributed by atoms with Gasteiger partial charge in [0, 0.05) is 11.5 Å². The first kappa shape index (κ1) is 18.5. The highest BCUT2D eigenvalue weighted by molar-refractivity contribution is 7.70. The number of halogens is 4. The summed E-state index contributed by atoms with van der Waals surface area (Å²) in [5.41, 5.74) is -0.847. The van der Waals surface area contributed by atoms with E-state index >= 15 is 0 Å². The van der Waals surface area contributed by atoms with Crippen LogP contribution in [0.1, 0.15) is 5.56 Å². The van der Waals surface area contributed by atoms with Crippen LogP contribution in [0.3, 0.4) is 0 Å². The van der Waals surface area contributed by atoms with Gasteiger partial charge in [0.1, 0.15) is 24.3 Å². The van der Waals surface area contributed by atoms with Crippen LogP contribution in [0.2, 0.25) is 5.28 Å². The first-order valence-electron chi connectivity index (χ1n) is 6.62. The van der Waals surface area contributed by atoms with Gasteiger partial charge in [-0.2, -0.15) is 18.2 Å². The first-order chi connectivity index (χ1) is 11.0. The molecule has 1 heterocycles. The van der Waals surface area contributed by atoms with Crippen LogP contribution in [-0.2, 0) is 10.7 Å². The zero-order valence-corrected chi connectivity index (χ0v) is 14.6. The third-order valence-electron chi connectivity index (χ3n) is 3.10. The van der Waals surface area contributed by atoms with Gasteiger partial charge in [-0.3, -0.25) is 0 Å². The van der Waals surface area contributed by atoms with Gasteiger partial charge in [0.05, 0.1) is 12.8 Å². The van der Waals surface area contributed by atoms with Gasteiger partial charge in [0.15, 0.2) is 0 Å². The summed E-state index contributed by atoms with van der Waals surface area (Å²) < 4.78 is 56.8. The first-order valence-corrected chi connectivity index (χ1v) is 9.60. The number of hydrogen-bond donors (Lipinski definition) is 1. The van der Waals surface area contributed by atoms with Gasteiger partial charge < -0.3 is 14.6 Å². The molecule has 0 saturated carbocycles. The van der Waals surface area contributed by atoms with E-state index in [4.69, 9.17) is 16.3 Å². The molecule has 0 atom stereocenters. The minimum atomic E-state index is -4.66. The molecular formula is C14H14ClF3N3O2P. The number of hydrogen-bond acceptors (Lipinski definition) is 5. The van der Waals surface area contributed by atoms with Gasteiger partial charge in [0.2, 0.25) is 5.28 Å². The maximum absolute atomic E-state index is 13.1. The molecule has 1 aromatic heterocycles. The van der Waals surface area contributed by atoms with Gasteiger partial charge in [-0.15, -0.1) is 0 Å². The molecule has 2 rings (SSSR count). The van der Waals surface area contributed by atoms with Crippen LogP contribution in [0.25, 0.3) is 0 Å². The topological polar surface area (TPSA) is 64.1 Å². The van der Waals surface area contributed by atoms with E-state index in [9.17, 15) is 17.7 Å². The summed E-state index contributed by atoms with van der Waals surface area (Å²) in [5, 5.41) is 2.56. The highest BCUT2D eigenvalue weighted by atomic mass is 35.5. The van der Waals surface area contributed by atoms with Crippen LogP contribution in [0.5, 0.6) is 5.75 Å². The number of nitrogens with one attached hydrogen (secondary N) is 1. The molecule has 0 saturated heterocycles. The molecule has 0 aliphatic rings. The third-order valence-corrected chi connectivity index (χ3v) is 4.82. The van der Waals surface area contributed by atoms with Crippen LogP contribution in [0.4, 0.5) is 24.7 Å². The summed E-state index contributed by atoms with van der Waals surface area (Å²) in [6.45, 7) is 3.01. The molecule has 1 N–H and O–H groups in total. The quantitative estimate of drug-likeness (QED) is 0.638. The summed E-state index contributed by atoms with van der Waals surface area (Å²) >= 11 is 5.61. The Bertz CT molecular complexity index is 808. The lowest BCUT2D eigenvalue weighted by Crippen LogP contribution is -2.15. The summed E-state index contributed by atoms with van der Waals surface area (Å²) in [7, 11) is -1.36. The van der Waals surface area contributed by atoms with E-state index in [-0.39, 0.29) is 11.0 Å². The average Bonchev–Trinajstić information content (AvgIpc) is 2.45. The van der Waals surface area contributed by atoms with E-state index in [0.29, 0.717) is 17.3 Å². The lowest BCUT2D eigenvalue weighted by Gasteiger charge is -2.18. The van der Waals surface area contributed by atoms with Crippen molar-refractivity contribution in [2.75, 3.05) is 25.8 Å². The van der Waals surface area contributed by atoms with E-state index < -0.39 is 24.7 Å². The van der Waals surface area contributed by atoms with Gasteiger partial charge in [-0.25, -0.2) is 4.98 Å². The standard InChI is InChI=1S/C14H14ClF3N3O2P/c1-23-8-4-5-10(11(6-8)24(2,3)22)20-12-9(14(16,17)18)7-19-13(15)21-12/h4-7H,1-3H3,(H,19,20,21). The summed E-state index contributed by atoms with van der Waals surface area (Å²) in [6, 6.07) is 4.53. The molecule has 0 fully saturated rings. The number of aromatic nitrogens is 2. The number of methoxy groups -OCH3 is 1. The fraction of sp³-hybridized carbons (Fsp3) is 0.286. The molecule has 0 aliphatic heterocycles. The average molecular weight is 380 g/mol. The fourth-order valence-corrected chi connectivity index (χ4v) is 3.26. The lowest BCUT2D eigenvalue weighted by molar-refractivity contribution is -0.137. The molecule has 0 spiro atoms. The minimum Gasteiger partial charge on any atom is -0.497 e. The fourth-order valence-electron chi connectivity index (χ4n) is 1.98. The molecule has 0 amide bonds. The summed E-state index contributed by atoms with van der Waals surface area (Å²) in [5.74, 6) is -0.0707. The minimum absolute atomic E-state index is 0.226. The molecule has 0 unspecified atom stereocenters. The van der Waals surface area contributed by atoms with Gasteiger partial charge in [-0.1, -0.05) is 0 Å². The third kappa shape index (κ3) is 4.19. The van der Waals surface area contributed by atoms with Crippen molar-refractivity contribution in [1.82, 2.24) is 9.97 Å². The Labute approximate surface area is 141 Å². The second-order valence-electron chi connectivity index (χ2n) is 5.26. The Balaban J connectivity index is 2.57. The molecule has 130 valence electrons. The molecule has 5 nitrogen and oxygen atoms in total. The van der Waals surface area contributed by atoms with E-state index in [0.717, 1.165) is 0 Å². The molecule has 0 bridgehead atoms. The molecular weight excluding hydrogens is 366 g/mol. The van der Waals surface area contributed by atoms with Crippen molar-refractivity contribution >= 4 is 35.6 Å². The number of nitrogens with zero attached hydrogens (tertiary/aromatic N) is 2. The second kappa shape index (κ2) is 6.61. The molecule has 0 aliphatic carbocycles. The van der Waals surface area contributed by atoms with Crippen molar-refractivity contribution in [3.63, 3.8) is 0 Å². The van der Waals surface area contributed by atoms with E-state index in [1.54, 1.807) is 0 Å². The normalized spacial score (nSPS) is 12.1. The maximum Gasteiger partial charge on any atom is 0.421 e. The number of benzene rings is 1. The van der Waals surface area contributed by atoms with E-state index in [1.807, 2.05) is 0 Å². The Morgan fingerprint density at radius 1 is 1.29 bits per heavy atom. The van der Waals surface area contributed by atoms with Gasteiger partial charge in [0.25, 0.3) is 0 Å². The van der Waals surface area contributed by atoms with Crippen molar-refractivity contribution in [3.8, 4) is 5.75 Å². The molecule has 10 heteroatoms. The molecule has 2 aromatic rings. The van der Waals surface area contributed by atoms with Crippen LogP contribution in [0, 0.1) is 0 Å². The highest BCUT2D eigenvalue weighted by Crippen LogP contribution is 2.41. The van der Waals surface area contributed by atoms with Crippen molar-refractivity contribution < 1.29 is 22.5 Å². The Morgan fingerprint density at radius 2 is 1.96 bits per heavy atom. The van der Waals surface area contributed by atoms with Gasteiger partial charge >= 0.3 is 6.18 Å². The highest BCUT2D eigenvalue weighted by Gasteiger charge is 2.35. The van der Waals surface area contributed by atoms with Crippen molar-refractivity contribution in [3.05, 3.63) is 35.2 Å². The van der Waals surface area contributed by atoms with E-state index in [2.05, 4.69) is 15.3 Å². The van der Waals surface area contributed by atoms with Crippen molar-refractivity contribution in [2.24, 2.45) is 0 Å². The van der Waals surface area contributed by atoms with Crippen molar-refractivity contribution in [2.45, 2.75) is 6.18 Å². The monoisotopic (exact) mass is 379 g/mol. The van der Waals surface area contributed by atoms with Crippen LogP contribution in [-0.4, -0.2) is 30.4 Å². The lowest BCUT2D eigenvalue weighted by atomic mass is 10.2. The summed E-state index contributed by atoms with van der Waals surface area (Å²) in [4.78, 5) is 6.97. The largest absolute Gasteiger partial charge is 0.497 e. The molecule has 24 heavy (non-hydrogen) atoms. The number of ether oxygens (including phenoxy) is 1. The number of rotatable bonds is 4. The number of alkyl halides is 3. The predicted molar refractivity (Wildman–Crippen MR) is 87.4 cm³/mol. The molecule has 0 radical (unpaired) electrons.